The second-order valence-electron chi connectivity index (χ2n) is 6.66. The van der Waals surface area contributed by atoms with Crippen LogP contribution in [0.3, 0.4) is 0 Å². The molecule has 1 saturated heterocycles. The number of aryl methyl sites for hydroxylation is 2. The molecule has 0 amide bonds. The molecular formula is C18H24N2O2S. The van der Waals surface area contributed by atoms with Crippen molar-refractivity contribution in [1.82, 2.24) is 10.2 Å². The Bertz CT molecular complexity index is 649. The highest BCUT2D eigenvalue weighted by atomic mass is 32.1. The topological polar surface area (TPSA) is 41.6 Å². The number of rotatable bonds is 1. The van der Waals surface area contributed by atoms with Gasteiger partial charge in [-0.15, -0.1) is 0 Å². The van der Waals surface area contributed by atoms with Crippen LogP contribution in [0.2, 0.25) is 0 Å². The van der Waals surface area contributed by atoms with E-state index in [0.717, 1.165) is 60.0 Å². The van der Waals surface area contributed by atoms with Gasteiger partial charge in [0.05, 0.1) is 12.0 Å². The van der Waals surface area contributed by atoms with Crippen LogP contribution in [0.15, 0.2) is 12.1 Å². The summed E-state index contributed by atoms with van der Waals surface area (Å²) in [7, 11) is 0. The van der Waals surface area contributed by atoms with Crippen molar-refractivity contribution < 1.29 is 9.53 Å². The Morgan fingerprint density at radius 3 is 2.70 bits per heavy atom. The number of carbonyl (C=O) groups is 1. The predicted molar refractivity (Wildman–Crippen MR) is 95.3 cm³/mol. The van der Waals surface area contributed by atoms with Gasteiger partial charge in [0.2, 0.25) is 0 Å². The summed E-state index contributed by atoms with van der Waals surface area (Å²) >= 11 is 5.39. The molecule has 0 aliphatic carbocycles. The lowest BCUT2D eigenvalue weighted by atomic mass is 9.81. The molecule has 0 aromatic heterocycles. The lowest BCUT2D eigenvalue weighted by Gasteiger charge is -2.44. The molecule has 0 radical (unpaired) electrons. The smallest absolute Gasteiger partial charge is 0.170 e. The van der Waals surface area contributed by atoms with Gasteiger partial charge in [-0.25, -0.2) is 0 Å². The monoisotopic (exact) mass is 332 g/mol. The molecule has 3 rings (SSSR count). The Kier molecular flexibility index (Phi) is 4.32. The molecule has 0 atom stereocenters. The summed E-state index contributed by atoms with van der Waals surface area (Å²) in [6.07, 6.45) is 2.14. The number of carbonyl (C=O) groups excluding carboxylic acids is 1. The maximum absolute atomic E-state index is 12.7. The summed E-state index contributed by atoms with van der Waals surface area (Å²) in [5, 5.41) is 4.00. The molecular weight excluding hydrogens is 308 g/mol. The first-order chi connectivity index (χ1) is 10.9. The van der Waals surface area contributed by atoms with Crippen LogP contribution in [-0.2, 0) is 0 Å². The van der Waals surface area contributed by atoms with E-state index in [1.807, 2.05) is 26.8 Å². The Labute approximate surface area is 143 Å². The van der Waals surface area contributed by atoms with Crippen LogP contribution in [0.1, 0.15) is 47.7 Å². The summed E-state index contributed by atoms with van der Waals surface area (Å²) in [6.45, 7) is 8.57. The largest absolute Gasteiger partial charge is 0.486 e. The average Bonchev–Trinajstić information content (AvgIpc) is 2.46. The highest BCUT2D eigenvalue weighted by Crippen LogP contribution is 2.40. The van der Waals surface area contributed by atoms with Crippen molar-refractivity contribution in [3.63, 3.8) is 0 Å². The van der Waals surface area contributed by atoms with Crippen LogP contribution in [0, 0.1) is 13.8 Å². The quantitative estimate of drug-likeness (QED) is 0.801. The van der Waals surface area contributed by atoms with Crippen molar-refractivity contribution >= 4 is 23.1 Å². The molecule has 1 spiro atoms. The van der Waals surface area contributed by atoms with E-state index >= 15 is 0 Å². The van der Waals surface area contributed by atoms with E-state index in [9.17, 15) is 4.79 Å². The Hall–Kier alpha value is -1.62. The second-order valence-corrected chi connectivity index (χ2v) is 7.05. The van der Waals surface area contributed by atoms with Gasteiger partial charge >= 0.3 is 0 Å². The Morgan fingerprint density at radius 2 is 2.04 bits per heavy atom. The van der Waals surface area contributed by atoms with Crippen LogP contribution >= 0.6 is 12.2 Å². The number of hydrogen-bond donors (Lipinski definition) is 1. The fourth-order valence-electron chi connectivity index (χ4n) is 3.68. The molecule has 4 nitrogen and oxygen atoms in total. The number of nitrogens with zero attached hydrogens (tertiary/aromatic N) is 1. The van der Waals surface area contributed by atoms with Gasteiger partial charge in [0.1, 0.15) is 11.4 Å². The number of piperidine rings is 1. The lowest BCUT2D eigenvalue weighted by molar-refractivity contribution is 0.00349. The third-order valence-corrected chi connectivity index (χ3v) is 5.22. The molecule has 0 unspecified atom stereocenters. The maximum Gasteiger partial charge on any atom is 0.170 e. The van der Waals surface area contributed by atoms with Crippen LogP contribution in [0.25, 0.3) is 0 Å². The lowest BCUT2D eigenvalue weighted by Crippen LogP contribution is -2.54. The SMILES string of the molecule is CCNC(=S)N1CCC2(CC1)CC(=O)c1c(C)cc(C)cc1O2. The minimum atomic E-state index is -0.358. The van der Waals surface area contributed by atoms with Gasteiger partial charge in [-0.05, 0) is 50.2 Å². The molecule has 2 aliphatic rings. The number of ether oxygens (including phenoxy) is 1. The molecule has 1 aromatic rings. The zero-order valence-corrected chi connectivity index (χ0v) is 14.9. The zero-order valence-electron chi connectivity index (χ0n) is 14.1. The van der Waals surface area contributed by atoms with Crippen molar-refractivity contribution in [3.05, 3.63) is 28.8 Å². The molecule has 23 heavy (non-hydrogen) atoms. The predicted octanol–water partition coefficient (Wildman–Crippen LogP) is 3.00. The zero-order chi connectivity index (χ0) is 16.6. The summed E-state index contributed by atoms with van der Waals surface area (Å²) in [6, 6.07) is 4.05. The van der Waals surface area contributed by atoms with Crippen LogP contribution in [0.4, 0.5) is 0 Å². The van der Waals surface area contributed by atoms with E-state index < -0.39 is 0 Å². The van der Waals surface area contributed by atoms with Gasteiger partial charge in [0.15, 0.2) is 10.9 Å². The van der Waals surface area contributed by atoms with E-state index in [4.69, 9.17) is 17.0 Å². The van der Waals surface area contributed by atoms with Gasteiger partial charge in [-0.2, -0.15) is 0 Å². The van der Waals surface area contributed by atoms with Crippen molar-refractivity contribution in [3.8, 4) is 5.75 Å². The molecule has 0 saturated carbocycles. The highest BCUT2D eigenvalue weighted by Gasteiger charge is 2.43. The van der Waals surface area contributed by atoms with E-state index in [1.54, 1.807) is 0 Å². The minimum absolute atomic E-state index is 0.214. The molecule has 5 heteroatoms. The molecule has 2 aliphatic heterocycles. The van der Waals surface area contributed by atoms with Gasteiger partial charge in [-0.1, -0.05) is 6.07 Å². The summed E-state index contributed by atoms with van der Waals surface area (Å²) in [5.74, 6) is 0.980. The van der Waals surface area contributed by atoms with Gasteiger partial charge in [0, 0.05) is 32.5 Å². The normalized spacial score (nSPS) is 19.3. The molecule has 1 N–H and O–H groups in total. The van der Waals surface area contributed by atoms with E-state index in [1.165, 1.54) is 0 Å². The van der Waals surface area contributed by atoms with Crippen LogP contribution in [0.5, 0.6) is 5.75 Å². The van der Waals surface area contributed by atoms with E-state index in [0.29, 0.717) is 6.42 Å². The average molecular weight is 332 g/mol. The number of benzene rings is 1. The third-order valence-electron chi connectivity index (χ3n) is 4.82. The fourth-order valence-corrected chi connectivity index (χ4v) is 4.00. The number of fused-ring (bicyclic) bond motifs is 1. The standard InChI is InChI=1S/C18H24N2O2S/c1-4-19-17(23)20-7-5-18(6-8-20)11-14(21)16-13(3)9-12(2)10-15(16)22-18/h9-10H,4-8,11H2,1-3H3,(H,19,23). The summed E-state index contributed by atoms with van der Waals surface area (Å²) in [4.78, 5) is 14.9. The molecule has 1 fully saturated rings. The fraction of sp³-hybridized carbons (Fsp3) is 0.556. The van der Waals surface area contributed by atoms with Gasteiger partial charge in [-0.3, -0.25) is 4.79 Å². The molecule has 2 heterocycles. The van der Waals surface area contributed by atoms with E-state index in [-0.39, 0.29) is 11.4 Å². The molecule has 1 aromatic carbocycles. The first-order valence-electron chi connectivity index (χ1n) is 8.30. The van der Waals surface area contributed by atoms with Crippen LogP contribution in [-0.4, -0.2) is 41.0 Å². The van der Waals surface area contributed by atoms with Crippen LogP contribution < -0.4 is 10.1 Å². The number of hydrogen-bond acceptors (Lipinski definition) is 3. The summed E-state index contributed by atoms with van der Waals surface area (Å²) in [5.41, 5.74) is 2.57. The first kappa shape index (κ1) is 16.2. The van der Waals surface area contributed by atoms with Crippen molar-refractivity contribution in [2.75, 3.05) is 19.6 Å². The minimum Gasteiger partial charge on any atom is -0.486 e. The van der Waals surface area contributed by atoms with Crippen molar-refractivity contribution in [2.45, 2.75) is 45.6 Å². The number of likely N-dealkylation sites (tertiary alicyclic amines) is 1. The number of Topliss-reactive ketones (excluding diaryl/α,β-unsaturated/α-hetero) is 1. The highest BCUT2D eigenvalue weighted by molar-refractivity contribution is 7.80. The number of nitrogens with one attached hydrogen (secondary N) is 1. The number of ketones is 1. The maximum atomic E-state index is 12.7. The Morgan fingerprint density at radius 1 is 1.35 bits per heavy atom. The van der Waals surface area contributed by atoms with Crippen molar-refractivity contribution in [1.29, 1.82) is 0 Å². The van der Waals surface area contributed by atoms with Crippen molar-refractivity contribution in [2.24, 2.45) is 0 Å². The summed E-state index contributed by atoms with van der Waals surface area (Å²) < 4.78 is 6.37. The third kappa shape index (κ3) is 3.07. The number of thiocarbonyl (C=S) groups is 1. The van der Waals surface area contributed by atoms with Gasteiger partial charge < -0.3 is 15.0 Å². The first-order valence-corrected chi connectivity index (χ1v) is 8.71. The van der Waals surface area contributed by atoms with E-state index in [2.05, 4.69) is 16.3 Å². The van der Waals surface area contributed by atoms with Gasteiger partial charge in [0.25, 0.3) is 0 Å². The molecule has 124 valence electrons. The molecule has 0 bridgehead atoms. The Balaban J connectivity index is 1.79. The second kappa shape index (κ2) is 6.11.